The van der Waals surface area contributed by atoms with E-state index in [1.807, 2.05) is 21.1 Å². The predicted octanol–water partition coefficient (Wildman–Crippen LogP) is 21.8. The lowest BCUT2D eigenvalue weighted by Gasteiger charge is -2.28. The summed E-state index contributed by atoms with van der Waals surface area (Å²) in [6.07, 6.45) is 84.2. The van der Waals surface area contributed by atoms with Gasteiger partial charge in [0.2, 0.25) is 0 Å². The molecule has 82 heavy (non-hydrogen) atoms. The molecule has 478 valence electrons. The number of nitrogens with zero attached hydrogens (tertiary/aromatic N) is 1. The van der Waals surface area contributed by atoms with E-state index in [-0.39, 0.29) is 32.0 Å². The number of hydrogen-bond donors (Lipinski definition) is 0. The fraction of sp³-hybridized carbons (Fsp3) is 0.806. The number of ether oxygens (including phenoxy) is 2. The van der Waals surface area contributed by atoms with E-state index in [0.29, 0.717) is 17.4 Å². The second kappa shape index (κ2) is 63.0. The van der Waals surface area contributed by atoms with Crippen molar-refractivity contribution in [2.75, 3.05) is 47.5 Å². The summed E-state index contributed by atoms with van der Waals surface area (Å²) in [7, 11) is 1.17. The van der Waals surface area contributed by atoms with Crippen LogP contribution in [0.5, 0.6) is 0 Å². The molecule has 0 aliphatic rings. The minimum atomic E-state index is -4.64. The third-order valence-electron chi connectivity index (χ3n) is 15.2. The monoisotopic (exact) mass is 1170 g/mol. The Bertz CT molecular complexity index is 1610. The summed E-state index contributed by atoms with van der Waals surface area (Å²) in [5.74, 6) is -0.827. The van der Waals surface area contributed by atoms with E-state index >= 15 is 0 Å². The first-order valence-corrected chi connectivity index (χ1v) is 36.1. The summed E-state index contributed by atoms with van der Waals surface area (Å²) >= 11 is 0. The maximum Gasteiger partial charge on any atom is 0.306 e. The zero-order valence-corrected chi connectivity index (χ0v) is 55.3. The normalized spacial score (nSPS) is 13.6. The number of hydrogen-bond acceptors (Lipinski definition) is 8. The maximum atomic E-state index is 12.8. The highest BCUT2D eigenvalue weighted by Gasteiger charge is 2.22. The van der Waals surface area contributed by atoms with Gasteiger partial charge in [-0.15, -0.1) is 0 Å². The number of esters is 2. The van der Waals surface area contributed by atoms with Gasteiger partial charge in [0.25, 0.3) is 7.82 Å². The molecule has 0 rings (SSSR count). The minimum Gasteiger partial charge on any atom is -0.756 e. The average Bonchev–Trinajstić information content (AvgIpc) is 3.46. The molecule has 0 aromatic heterocycles. The molecule has 10 heteroatoms. The highest BCUT2D eigenvalue weighted by Crippen LogP contribution is 2.38. The largest absolute Gasteiger partial charge is 0.756 e. The Labute approximate surface area is 508 Å². The van der Waals surface area contributed by atoms with Crippen molar-refractivity contribution in [2.45, 2.75) is 328 Å². The van der Waals surface area contributed by atoms with Crippen LogP contribution in [0.1, 0.15) is 322 Å². The van der Waals surface area contributed by atoms with Crippen molar-refractivity contribution in [3.05, 3.63) is 72.9 Å². The van der Waals surface area contributed by atoms with Crippen LogP contribution in [0, 0.1) is 0 Å². The van der Waals surface area contributed by atoms with Crippen molar-refractivity contribution < 1.29 is 42.1 Å². The van der Waals surface area contributed by atoms with Crippen molar-refractivity contribution in [1.29, 1.82) is 0 Å². The summed E-state index contributed by atoms with van der Waals surface area (Å²) in [6.45, 7) is 4.15. The number of rotatable bonds is 64. The van der Waals surface area contributed by atoms with Crippen molar-refractivity contribution in [3.63, 3.8) is 0 Å². The fourth-order valence-electron chi connectivity index (χ4n) is 9.92. The molecule has 0 amide bonds. The molecule has 0 radical (unpaired) electrons. The molecule has 0 aromatic rings. The number of unbranched alkanes of at least 4 members (excludes halogenated alkanes) is 38. The van der Waals surface area contributed by atoms with E-state index in [4.69, 9.17) is 18.5 Å². The van der Waals surface area contributed by atoms with Gasteiger partial charge in [-0.2, -0.15) is 0 Å². The molecule has 2 atom stereocenters. The van der Waals surface area contributed by atoms with E-state index in [1.54, 1.807) is 0 Å². The lowest BCUT2D eigenvalue weighted by Crippen LogP contribution is -2.37. The Balaban J connectivity index is 3.98. The summed E-state index contributed by atoms with van der Waals surface area (Å²) in [4.78, 5) is 38.0. The standard InChI is InChI=1S/C72H132NO8P/c1-6-8-10-12-14-16-18-20-22-24-26-28-30-31-32-33-34-35-36-37-38-39-40-41-43-44-46-48-50-52-54-56-58-60-62-64-71(74)78-68-70(69-80-82(76,77)79-67-66-73(3,4)5)81-72(75)65-63-61-59-57-55-53-51-49-47-45-42-29-27-25-23-21-19-17-15-13-11-9-7-2/h9,11,15,17-18,20-21,23-24,26-27,29,70H,6-8,10,12-14,16,19,22,25,28,30-69H2,1-5H3/b11-9-,17-15-,20-18-,23-21-,26-24-,29-27-. The summed E-state index contributed by atoms with van der Waals surface area (Å²) < 4.78 is 34.3. The zero-order valence-electron chi connectivity index (χ0n) is 54.4. The van der Waals surface area contributed by atoms with Crippen LogP contribution in [0.3, 0.4) is 0 Å². The van der Waals surface area contributed by atoms with Gasteiger partial charge < -0.3 is 27.9 Å². The second-order valence-corrected chi connectivity index (χ2v) is 25.9. The first-order chi connectivity index (χ1) is 40.0. The molecule has 0 saturated heterocycles. The van der Waals surface area contributed by atoms with Gasteiger partial charge in [0.1, 0.15) is 19.8 Å². The molecule has 0 fully saturated rings. The summed E-state index contributed by atoms with van der Waals surface area (Å²) in [5, 5.41) is 0. The second-order valence-electron chi connectivity index (χ2n) is 24.5. The first kappa shape index (κ1) is 79.5. The van der Waals surface area contributed by atoms with Crippen LogP contribution in [0.4, 0.5) is 0 Å². The van der Waals surface area contributed by atoms with Crippen LogP contribution in [0.25, 0.3) is 0 Å². The maximum absolute atomic E-state index is 12.8. The van der Waals surface area contributed by atoms with Crippen molar-refractivity contribution in [1.82, 2.24) is 0 Å². The van der Waals surface area contributed by atoms with E-state index in [0.717, 1.165) is 77.0 Å². The van der Waals surface area contributed by atoms with Crippen LogP contribution in [0.2, 0.25) is 0 Å². The number of quaternary nitrogens is 1. The van der Waals surface area contributed by atoms with Gasteiger partial charge in [-0.05, 0) is 83.5 Å². The molecule has 0 bridgehead atoms. The molecular formula is C72H132NO8P. The van der Waals surface area contributed by atoms with Gasteiger partial charge in [-0.25, -0.2) is 0 Å². The molecular weight excluding hydrogens is 1040 g/mol. The third kappa shape index (κ3) is 66.6. The van der Waals surface area contributed by atoms with Gasteiger partial charge in [-0.1, -0.05) is 299 Å². The topological polar surface area (TPSA) is 111 Å². The number of carbonyl (C=O) groups excluding carboxylic acids is 2. The molecule has 0 aliphatic heterocycles. The quantitative estimate of drug-likeness (QED) is 0.0195. The molecule has 0 N–H and O–H groups in total. The molecule has 0 saturated carbocycles. The smallest absolute Gasteiger partial charge is 0.306 e. The number of likely N-dealkylation sites (N-methyl/N-ethyl adjacent to an activating group) is 1. The van der Waals surface area contributed by atoms with Crippen molar-refractivity contribution in [2.24, 2.45) is 0 Å². The van der Waals surface area contributed by atoms with E-state index in [1.165, 1.54) is 212 Å². The minimum absolute atomic E-state index is 0.0325. The van der Waals surface area contributed by atoms with Crippen LogP contribution >= 0.6 is 7.82 Å². The average molecular weight is 1170 g/mol. The van der Waals surface area contributed by atoms with E-state index in [2.05, 4.69) is 86.8 Å². The lowest BCUT2D eigenvalue weighted by molar-refractivity contribution is -0.870. The van der Waals surface area contributed by atoms with Crippen LogP contribution in [-0.4, -0.2) is 70.0 Å². The highest BCUT2D eigenvalue weighted by molar-refractivity contribution is 7.45. The number of phosphoric acid groups is 1. The molecule has 2 unspecified atom stereocenters. The van der Waals surface area contributed by atoms with Gasteiger partial charge >= 0.3 is 11.9 Å². The van der Waals surface area contributed by atoms with Gasteiger partial charge in [0.15, 0.2) is 6.10 Å². The molecule has 0 aromatic carbocycles. The number of carbonyl (C=O) groups is 2. The van der Waals surface area contributed by atoms with Crippen molar-refractivity contribution in [3.8, 4) is 0 Å². The SMILES string of the molecule is CC/C=C\C/C=C\C/C=C\C/C=C\CCCCCCCCCCCCC(=O)OC(COC(=O)CCCCCCCCCCCCCCCCCCCCCCCCC/C=C\C/C=C\CCCCCCC)COP(=O)([O-])OCC[N+](C)(C)C. The summed E-state index contributed by atoms with van der Waals surface area (Å²) in [6, 6.07) is 0. The third-order valence-corrected chi connectivity index (χ3v) is 16.2. The molecule has 0 aliphatic carbocycles. The zero-order chi connectivity index (χ0) is 59.8. The molecule has 0 heterocycles. The van der Waals surface area contributed by atoms with Crippen LogP contribution in [0.15, 0.2) is 72.9 Å². The van der Waals surface area contributed by atoms with Crippen LogP contribution < -0.4 is 4.89 Å². The van der Waals surface area contributed by atoms with E-state index < -0.39 is 26.5 Å². The summed E-state index contributed by atoms with van der Waals surface area (Å²) in [5.41, 5.74) is 0. The number of phosphoric ester groups is 1. The predicted molar refractivity (Wildman–Crippen MR) is 351 cm³/mol. The van der Waals surface area contributed by atoms with Gasteiger partial charge in [0, 0.05) is 12.8 Å². The molecule has 9 nitrogen and oxygen atoms in total. The van der Waals surface area contributed by atoms with Gasteiger partial charge in [-0.3, -0.25) is 14.2 Å². The Hall–Kier alpha value is -2.55. The lowest BCUT2D eigenvalue weighted by atomic mass is 10.0. The van der Waals surface area contributed by atoms with Gasteiger partial charge in [0.05, 0.1) is 27.7 Å². The van der Waals surface area contributed by atoms with Crippen LogP contribution in [-0.2, 0) is 32.7 Å². The Morgan fingerprint density at radius 1 is 0.390 bits per heavy atom. The Kier molecular flexibility index (Phi) is 61.0. The first-order valence-electron chi connectivity index (χ1n) is 34.6. The Morgan fingerprint density at radius 3 is 1.04 bits per heavy atom. The Morgan fingerprint density at radius 2 is 0.695 bits per heavy atom. The highest BCUT2D eigenvalue weighted by atomic mass is 31.2. The van der Waals surface area contributed by atoms with E-state index in [9.17, 15) is 19.0 Å². The fourth-order valence-corrected chi connectivity index (χ4v) is 10.6. The van der Waals surface area contributed by atoms with Crippen molar-refractivity contribution >= 4 is 19.8 Å². The molecule has 0 spiro atoms. The number of allylic oxidation sites excluding steroid dienone is 12.